The van der Waals surface area contributed by atoms with E-state index in [1.165, 1.54) is 5.56 Å². The second-order valence-electron chi connectivity index (χ2n) is 4.50. The van der Waals surface area contributed by atoms with Crippen molar-refractivity contribution in [1.29, 1.82) is 0 Å². The third-order valence-electron chi connectivity index (χ3n) is 3.15. The van der Waals surface area contributed by atoms with Gasteiger partial charge in [-0.05, 0) is 42.5 Å². The molecule has 0 aromatic heterocycles. The fourth-order valence-corrected chi connectivity index (χ4v) is 2.26. The van der Waals surface area contributed by atoms with E-state index < -0.39 is 0 Å². The molecule has 20 heavy (non-hydrogen) atoms. The Kier molecular flexibility index (Phi) is 5.27. The van der Waals surface area contributed by atoms with E-state index in [9.17, 15) is 0 Å². The summed E-state index contributed by atoms with van der Waals surface area (Å²) in [7, 11) is 3.35. The van der Waals surface area contributed by atoms with Gasteiger partial charge in [-0.25, -0.2) is 0 Å². The lowest BCUT2D eigenvalue weighted by atomic mass is 10.2. The molecule has 0 heterocycles. The molecule has 0 fully saturated rings. The molecule has 0 spiro atoms. The number of ether oxygens (including phenoxy) is 2. The van der Waals surface area contributed by atoms with Crippen LogP contribution in [0.5, 0.6) is 11.5 Å². The summed E-state index contributed by atoms with van der Waals surface area (Å²) in [6.07, 6.45) is 0. The van der Waals surface area contributed by atoms with Crippen molar-refractivity contribution < 1.29 is 14.8 Å². The Morgan fingerprint density at radius 1 is 0.950 bits per heavy atom. The number of benzene rings is 2. The first kappa shape index (κ1) is 14.7. The SMILES string of the molecule is COc1ccc(C[NH2+]Cc2cc(Cl)ccc2OC)cc1. The normalized spacial score (nSPS) is 10.3. The van der Waals surface area contributed by atoms with Crippen LogP contribution in [0.3, 0.4) is 0 Å². The van der Waals surface area contributed by atoms with Crippen molar-refractivity contribution >= 4 is 11.6 Å². The van der Waals surface area contributed by atoms with Crippen LogP contribution < -0.4 is 14.8 Å². The van der Waals surface area contributed by atoms with Gasteiger partial charge in [0.25, 0.3) is 0 Å². The van der Waals surface area contributed by atoms with Gasteiger partial charge in [0, 0.05) is 16.1 Å². The van der Waals surface area contributed by atoms with Gasteiger partial charge in [-0.1, -0.05) is 11.6 Å². The predicted octanol–water partition coefficient (Wildman–Crippen LogP) is 2.62. The van der Waals surface area contributed by atoms with Crippen LogP contribution in [0.1, 0.15) is 11.1 Å². The molecule has 0 amide bonds. The molecule has 0 unspecified atom stereocenters. The van der Waals surface area contributed by atoms with Crippen LogP contribution in [0.25, 0.3) is 0 Å². The van der Waals surface area contributed by atoms with Gasteiger partial charge in [0.2, 0.25) is 0 Å². The summed E-state index contributed by atoms with van der Waals surface area (Å²) < 4.78 is 10.5. The van der Waals surface area contributed by atoms with Gasteiger partial charge in [-0.2, -0.15) is 0 Å². The number of quaternary nitrogens is 1. The van der Waals surface area contributed by atoms with E-state index in [0.717, 1.165) is 35.2 Å². The van der Waals surface area contributed by atoms with Crippen molar-refractivity contribution in [3.8, 4) is 11.5 Å². The Morgan fingerprint density at radius 2 is 1.70 bits per heavy atom. The van der Waals surface area contributed by atoms with Crippen molar-refractivity contribution in [2.75, 3.05) is 14.2 Å². The Morgan fingerprint density at radius 3 is 2.35 bits per heavy atom. The molecule has 0 aliphatic rings. The molecule has 2 aromatic carbocycles. The molecule has 0 atom stereocenters. The summed E-state index contributed by atoms with van der Waals surface area (Å²) >= 11 is 6.02. The highest BCUT2D eigenvalue weighted by molar-refractivity contribution is 6.30. The van der Waals surface area contributed by atoms with E-state index in [4.69, 9.17) is 21.1 Å². The van der Waals surface area contributed by atoms with Crippen LogP contribution in [-0.4, -0.2) is 14.2 Å². The van der Waals surface area contributed by atoms with Crippen LogP contribution in [-0.2, 0) is 13.1 Å². The van der Waals surface area contributed by atoms with Gasteiger partial charge >= 0.3 is 0 Å². The summed E-state index contributed by atoms with van der Waals surface area (Å²) in [6, 6.07) is 13.8. The van der Waals surface area contributed by atoms with Crippen molar-refractivity contribution in [3.05, 3.63) is 58.6 Å². The monoisotopic (exact) mass is 292 g/mol. The smallest absolute Gasteiger partial charge is 0.127 e. The molecule has 106 valence electrons. The molecule has 2 aromatic rings. The topological polar surface area (TPSA) is 35.1 Å². The molecule has 0 aliphatic carbocycles. The highest BCUT2D eigenvalue weighted by Crippen LogP contribution is 2.21. The van der Waals surface area contributed by atoms with E-state index in [-0.39, 0.29) is 0 Å². The molecular weight excluding hydrogens is 274 g/mol. The Balaban J connectivity index is 1.93. The summed E-state index contributed by atoms with van der Waals surface area (Å²) in [6.45, 7) is 1.73. The maximum atomic E-state index is 6.02. The fraction of sp³-hybridized carbons (Fsp3) is 0.250. The molecule has 0 radical (unpaired) electrons. The van der Waals surface area contributed by atoms with Crippen molar-refractivity contribution in [2.24, 2.45) is 0 Å². The average Bonchev–Trinajstić information content (AvgIpc) is 2.48. The van der Waals surface area contributed by atoms with Crippen molar-refractivity contribution in [2.45, 2.75) is 13.1 Å². The molecule has 0 bridgehead atoms. The maximum Gasteiger partial charge on any atom is 0.127 e. The Bertz CT molecular complexity index is 555. The molecule has 2 rings (SSSR count). The number of hydrogen-bond donors (Lipinski definition) is 1. The first-order chi connectivity index (χ1) is 9.72. The second kappa shape index (κ2) is 7.17. The highest BCUT2D eigenvalue weighted by atomic mass is 35.5. The Labute approximate surface area is 124 Å². The molecule has 2 N–H and O–H groups in total. The molecular formula is C16H19ClNO2+. The number of nitrogens with two attached hydrogens (primary N) is 1. The number of halogens is 1. The minimum atomic E-state index is 0.735. The Hall–Kier alpha value is -1.71. The van der Waals surface area contributed by atoms with Crippen molar-refractivity contribution in [1.82, 2.24) is 0 Å². The lowest BCUT2D eigenvalue weighted by Gasteiger charge is -2.08. The zero-order valence-corrected chi connectivity index (χ0v) is 12.5. The third-order valence-corrected chi connectivity index (χ3v) is 3.38. The van der Waals surface area contributed by atoms with Crippen LogP contribution in [0.15, 0.2) is 42.5 Å². The standard InChI is InChI=1S/C16H18ClNO2/c1-19-15-6-3-12(4-7-15)10-18-11-13-9-14(17)5-8-16(13)20-2/h3-9,18H,10-11H2,1-2H3/p+1. The first-order valence-corrected chi connectivity index (χ1v) is 6.87. The van der Waals surface area contributed by atoms with Crippen LogP contribution in [0.4, 0.5) is 0 Å². The first-order valence-electron chi connectivity index (χ1n) is 6.50. The summed E-state index contributed by atoms with van der Waals surface area (Å²) in [4.78, 5) is 0. The molecule has 0 saturated heterocycles. The number of hydrogen-bond acceptors (Lipinski definition) is 2. The summed E-state index contributed by atoms with van der Waals surface area (Å²) in [5, 5.41) is 2.95. The van der Waals surface area contributed by atoms with Gasteiger partial charge in [-0.3, -0.25) is 0 Å². The van der Waals surface area contributed by atoms with E-state index in [1.54, 1.807) is 14.2 Å². The number of methoxy groups -OCH3 is 2. The minimum Gasteiger partial charge on any atom is -0.497 e. The van der Waals surface area contributed by atoms with Gasteiger partial charge in [0.15, 0.2) is 0 Å². The van der Waals surface area contributed by atoms with Crippen LogP contribution in [0, 0.1) is 0 Å². The van der Waals surface area contributed by atoms with Crippen molar-refractivity contribution in [3.63, 3.8) is 0 Å². The van der Waals surface area contributed by atoms with E-state index in [0.29, 0.717) is 0 Å². The van der Waals surface area contributed by atoms with Crippen LogP contribution in [0.2, 0.25) is 5.02 Å². The largest absolute Gasteiger partial charge is 0.497 e. The quantitative estimate of drug-likeness (QED) is 0.888. The van der Waals surface area contributed by atoms with Gasteiger partial charge < -0.3 is 14.8 Å². The predicted molar refractivity (Wildman–Crippen MR) is 80.3 cm³/mol. The minimum absolute atomic E-state index is 0.735. The fourth-order valence-electron chi connectivity index (χ4n) is 2.06. The van der Waals surface area contributed by atoms with E-state index in [2.05, 4.69) is 17.4 Å². The lowest BCUT2D eigenvalue weighted by molar-refractivity contribution is -0.686. The van der Waals surface area contributed by atoms with Gasteiger partial charge in [0.1, 0.15) is 24.6 Å². The van der Waals surface area contributed by atoms with E-state index >= 15 is 0 Å². The second-order valence-corrected chi connectivity index (χ2v) is 4.94. The van der Waals surface area contributed by atoms with Gasteiger partial charge in [-0.15, -0.1) is 0 Å². The summed E-state index contributed by atoms with van der Waals surface area (Å²) in [5.74, 6) is 1.76. The zero-order chi connectivity index (χ0) is 14.4. The maximum absolute atomic E-state index is 6.02. The van der Waals surface area contributed by atoms with Crippen LogP contribution >= 0.6 is 11.6 Å². The van der Waals surface area contributed by atoms with E-state index in [1.807, 2.05) is 30.3 Å². The molecule has 4 heteroatoms. The highest BCUT2D eigenvalue weighted by Gasteiger charge is 2.06. The zero-order valence-electron chi connectivity index (χ0n) is 11.7. The molecule has 3 nitrogen and oxygen atoms in total. The lowest BCUT2D eigenvalue weighted by Crippen LogP contribution is -2.80. The molecule has 0 aliphatic heterocycles. The average molecular weight is 293 g/mol. The molecule has 0 saturated carbocycles. The number of rotatable bonds is 6. The summed E-state index contributed by atoms with van der Waals surface area (Å²) in [5.41, 5.74) is 2.36. The van der Waals surface area contributed by atoms with Gasteiger partial charge in [0.05, 0.1) is 14.2 Å². The third kappa shape index (κ3) is 3.89.